The molecule has 0 bridgehead atoms. The fourth-order valence-corrected chi connectivity index (χ4v) is 2.38. The van der Waals surface area contributed by atoms with E-state index in [-0.39, 0.29) is 11.3 Å². The molecule has 0 saturated carbocycles. The minimum atomic E-state index is -0.156. The van der Waals surface area contributed by atoms with Gasteiger partial charge < -0.3 is 0 Å². The summed E-state index contributed by atoms with van der Waals surface area (Å²) in [5.74, 6) is 0.403. The number of aromatic nitrogens is 2. The van der Waals surface area contributed by atoms with Crippen LogP contribution in [0.15, 0.2) is 42.6 Å². The average molecular weight is 274 g/mol. The zero-order valence-electron chi connectivity index (χ0n) is 10.2. The first kappa shape index (κ1) is 12.1. The highest BCUT2D eigenvalue weighted by molar-refractivity contribution is 6.24. The van der Waals surface area contributed by atoms with Crippen LogP contribution in [0.4, 0.5) is 5.95 Å². The molecule has 1 aliphatic rings. The maximum atomic E-state index is 11.8. The van der Waals surface area contributed by atoms with Crippen LogP contribution in [0, 0.1) is 0 Å². The van der Waals surface area contributed by atoms with Gasteiger partial charge >= 0.3 is 0 Å². The summed E-state index contributed by atoms with van der Waals surface area (Å²) in [4.78, 5) is 22.0. The average Bonchev–Trinajstić information content (AvgIpc) is 2.79. The van der Waals surface area contributed by atoms with Crippen molar-refractivity contribution < 1.29 is 4.79 Å². The Hall–Kier alpha value is -1.94. The number of rotatable bonds is 2. The van der Waals surface area contributed by atoms with E-state index in [2.05, 4.69) is 9.97 Å². The van der Waals surface area contributed by atoms with Crippen molar-refractivity contribution in [2.24, 2.45) is 0 Å². The molecule has 0 radical (unpaired) electrons. The molecule has 3 rings (SSSR count). The Labute approximate surface area is 116 Å². The fraction of sp³-hybridized carbons (Fsp3) is 0.214. The lowest BCUT2D eigenvalue weighted by Gasteiger charge is -2.14. The molecule has 4 nitrogen and oxygen atoms in total. The standard InChI is InChI=1S/C14H12ClN3O/c15-11-8-13(19)18(9-11)14-16-7-6-12(17-14)10-4-2-1-3-5-10/h1-7,11H,8-9H2. The molecule has 1 saturated heterocycles. The lowest BCUT2D eigenvalue weighted by Crippen LogP contribution is -2.26. The summed E-state index contributed by atoms with van der Waals surface area (Å²) in [5, 5.41) is -0.156. The topological polar surface area (TPSA) is 46.1 Å². The minimum Gasteiger partial charge on any atom is -0.279 e. The van der Waals surface area contributed by atoms with Crippen molar-refractivity contribution in [2.45, 2.75) is 11.8 Å². The SMILES string of the molecule is O=C1CC(Cl)CN1c1nccc(-c2ccccc2)n1. The predicted octanol–water partition coefficient (Wildman–Crippen LogP) is 2.49. The van der Waals surface area contributed by atoms with Gasteiger partial charge in [-0.3, -0.25) is 9.69 Å². The Morgan fingerprint density at radius 3 is 2.68 bits per heavy atom. The van der Waals surface area contributed by atoms with Crippen LogP contribution in [0.5, 0.6) is 0 Å². The summed E-state index contributed by atoms with van der Waals surface area (Å²) < 4.78 is 0. The Morgan fingerprint density at radius 1 is 1.21 bits per heavy atom. The molecule has 0 N–H and O–H groups in total. The molecule has 19 heavy (non-hydrogen) atoms. The van der Waals surface area contributed by atoms with Crippen LogP contribution in [0.1, 0.15) is 6.42 Å². The zero-order chi connectivity index (χ0) is 13.2. The summed E-state index contributed by atoms with van der Waals surface area (Å²) in [5.41, 5.74) is 1.80. The van der Waals surface area contributed by atoms with Gasteiger partial charge in [0.1, 0.15) is 0 Å². The molecule has 0 aliphatic carbocycles. The van der Waals surface area contributed by atoms with Crippen molar-refractivity contribution in [3.8, 4) is 11.3 Å². The molecule has 0 spiro atoms. The van der Waals surface area contributed by atoms with E-state index in [1.807, 2.05) is 36.4 Å². The molecular formula is C14H12ClN3O. The van der Waals surface area contributed by atoms with Gasteiger partial charge in [0, 0.05) is 24.7 Å². The summed E-state index contributed by atoms with van der Waals surface area (Å²) in [7, 11) is 0. The number of anilines is 1. The summed E-state index contributed by atoms with van der Waals surface area (Å²) >= 11 is 5.99. The van der Waals surface area contributed by atoms with E-state index in [0.29, 0.717) is 18.9 Å². The van der Waals surface area contributed by atoms with E-state index in [1.165, 1.54) is 0 Å². The van der Waals surface area contributed by atoms with Crippen LogP contribution in [0.25, 0.3) is 11.3 Å². The number of alkyl halides is 1. The molecule has 5 heteroatoms. The Morgan fingerprint density at radius 2 is 2.00 bits per heavy atom. The van der Waals surface area contributed by atoms with Crippen LogP contribution in [-0.4, -0.2) is 27.8 Å². The van der Waals surface area contributed by atoms with E-state index < -0.39 is 0 Å². The van der Waals surface area contributed by atoms with Crippen LogP contribution >= 0.6 is 11.6 Å². The highest BCUT2D eigenvalue weighted by atomic mass is 35.5. The van der Waals surface area contributed by atoms with Gasteiger partial charge in [-0.05, 0) is 6.07 Å². The number of carbonyl (C=O) groups is 1. The Balaban J connectivity index is 1.95. The Kier molecular flexibility index (Phi) is 3.17. The first-order chi connectivity index (χ1) is 9.24. The van der Waals surface area contributed by atoms with Gasteiger partial charge in [0.05, 0.1) is 11.1 Å². The van der Waals surface area contributed by atoms with Gasteiger partial charge in [0.2, 0.25) is 11.9 Å². The van der Waals surface area contributed by atoms with Crippen molar-refractivity contribution in [1.29, 1.82) is 0 Å². The highest BCUT2D eigenvalue weighted by Crippen LogP contribution is 2.23. The number of hydrogen-bond donors (Lipinski definition) is 0. The Bertz CT molecular complexity index is 603. The van der Waals surface area contributed by atoms with Crippen molar-refractivity contribution in [3.63, 3.8) is 0 Å². The lowest BCUT2D eigenvalue weighted by atomic mass is 10.1. The van der Waals surface area contributed by atoms with Crippen LogP contribution in [0.2, 0.25) is 0 Å². The minimum absolute atomic E-state index is 0.0230. The maximum absolute atomic E-state index is 11.8. The van der Waals surface area contributed by atoms with Gasteiger partial charge in [-0.1, -0.05) is 30.3 Å². The second kappa shape index (κ2) is 4.97. The van der Waals surface area contributed by atoms with Crippen molar-refractivity contribution in [1.82, 2.24) is 9.97 Å². The van der Waals surface area contributed by atoms with E-state index in [0.717, 1.165) is 11.3 Å². The first-order valence-electron chi connectivity index (χ1n) is 6.07. The van der Waals surface area contributed by atoms with Crippen LogP contribution in [-0.2, 0) is 4.79 Å². The highest BCUT2D eigenvalue weighted by Gasteiger charge is 2.30. The summed E-state index contributed by atoms with van der Waals surface area (Å²) in [6.07, 6.45) is 2.01. The largest absolute Gasteiger partial charge is 0.279 e. The zero-order valence-corrected chi connectivity index (χ0v) is 10.9. The molecule has 1 aliphatic heterocycles. The maximum Gasteiger partial charge on any atom is 0.232 e. The molecule has 1 atom stereocenters. The molecule has 1 unspecified atom stereocenters. The summed E-state index contributed by atoms with van der Waals surface area (Å²) in [6, 6.07) is 11.6. The van der Waals surface area contributed by atoms with E-state index in [4.69, 9.17) is 11.6 Å². The van der Waals surface area contributed by atoms with E-state index in [1.54, 1.807) is 11.1 Å². The first-order valence-corrected chi connectivity index (χ1v) is 6.50. The molecule has 2 aromatic rings. The number of benzene rings is 1. The smallest absolute Gasteiger partial charge is 0.232 e. The third-order valence-corrected chi connectivity index (χ3v) is 3.32. The van der Waals surface area contributed by atoms with Gasteiger partial charge in [-0.15, -0.1) is 11.6 Å². The molecule has 1 fully saturated rings. The normalized spacial score (nSPS) is 18.9. The van der Waals surface area contributed by atoms with Crippen molar-refractivity contribution >= 4 is 23.5 Å². The monoisotopic (exact) mass is 273 g/mol. The number of hydrogen-bond acceptors (Lipinski definition) is 3. The van der Waals surface area contributed by atoms with Crippen molar-refractivity contribution in [2.75, 3.05) is 11.4 Å². The fourth-order valence-electron chi connectivity index (χ4n) is 2.11. The summed E-state index contributed by atoms with van der Waals surface area (Å²) in [6.45, 7) is 0.471. The van der Waals surface area contributed by atoms with Crippen LogP contribution in [0.3, 0.4) is 0 Å². The number of halogens is 1. The molecule has 2 heterocycles. The quantitative estimate of drug-likeness (QED) is 0.790. The van der Waals surface area contributed by atoms with Gasteiger partial charge in [0.25, 0.3) is 0 Å². The predicted molar refractivity (Wildman–Crippen MR) is 74.1 cm³/mol. The van der Waals surface area contributed by atoms with Gasteiger partial charge in [0.15, 0.2) is 0 Å². The lowest BCUT2D eigenvalue weighted by molar-refractivity contribution is -0.117. The van der Waals surface area contributed by atoms with E-state index >= 15 is 0 Å². The molecule has 1 aromatic carbocycles. The molecule has 1 aromatic heterocycles. The van der Waals surface area contributed by atoms with E-state index in [9.17, 15) is 4.79 Å². The second-order valence-electron chi connectivity index (χ2n) is 4.41. The molecule has 96 valence electrons. The second-order valence-corrected chi connectivity index (χ2v) is 5.03. The number of carbonyl (C=O) groups excluding carboxylic acids is 1. The number of nitrogens with zero attached hydrogens (tertiary/aromatic N) is 3. The van der Waals surface area contributed by atoms with Crippen LogP contribution < -0.4 is 4.90 Å². The molecule has 1 amide bonds. The molecular weight excluding hydrogens is 262 g/mol. The van der Waals surface area contributed by atoms with Gasteiger partial charge in [-0.25, -0.2) is 9.97 Å². The third-order valence-electron chi connectivity index (χ3n) is 3.03. The van der Waals surface area contributed by atoms with Crippen molar-refractivity contribution in [3.05, 3.63) is 42.6 Å². The third kappa shape index (κ3) is 2.44. The van der Waals surface area contributed by atoms with Gasteiger partial charge in [-0.2, -0.15) is 0 Å². The number of amides is 1.